The predicted molar refractivity (Wildman–Crippen MR) is 83.6 cm³/mol. The summed E-state index contributed by atoms with van der Waals surface area (Å²) in [6.45, 7) is 5.96. The predicted octanol–water partition coefficient (Wildman–Crippen LogP) is 0.972. The van der Waals surface area contributed by atoms with Crippen LogP contribution >= 0.6 is 0 Å². The van der Waals surface area contributed by atoms with Crippen molar-refractivity contribution >= 4 is 5.91 Å². The molecule has 1 N–H and O–H groups in total. The monoisotopic (exact) mass is 306 g/mol. The van der Waals surface area contributed by atoms with E-state index >= 15 is 0 Å². The second-order valence-corrected chi connectivity index (χ2v) is 6.52. The molecule has 3 rings (SSSR count). The van der Waals surface area contributed by atoms with Crippen LogP contribution in [-0.4, -0.2) is 71.3 Å². The Morgan fingerprint density at radius 3 is 2.86 bits per heavy atom. The van der Waals surface area contributed by atoms with Gasteiger partial charge in [-0.15, -0.1) is 0 Å². The third kappa shape index (κ3) is 3.50. The van der Waals surface area contributed by atoms with Crippen molar-refractivity contribution in [2.24, 2.45) is 0 Å². The van der Waals surface area contributed by atoms with Crippen LogP contribution in [0.5, 0.6) is 0 Å². The lowest BCUT2D eigenvalue weighted by Crippen LogP contribution is -2.43. The topological polar surface area (TPSA) is 61.5 Å². The van der Waals surface area contributed by atoms with Crippen LogP contribution in [0.2, 0.25) is 0 Å². The summed E-state index contributed by atoms with van der Waals surface area (Å²) in [6, 6.07) is 2.22. The molecule has 0 saturated carbocycles. The van der Waals surface area contributed by atoms with E-state index in [-0.39, 0.29) is 18.1 Å². The van der Waals surface area contributed by atoms with Crippen LogP contribution in [0.3, 0.4) is 0 Å². The van der Waals surface area contributed by atoms with Gasteiger partial charge >= 0.3 is 0 Å². The maximum absolute atomic E-state index is 12.7. The molecule has 1 aromatic heterocycles. The number of carbonyl (C=O) groups is 1. The number of nitrogens with zero attached hydrogens (tertiary/aromatic N) is 3. The highest BCUT2D eigenvalue weighted by Gasteiger charge is 2.36. The summed E-state index contributed by atoms with van der Waals surface area (Å²) in [5, 5.41) is 7.08. The van der Waals surface area contributed by atoms with Crippen LogP contribution in [0.4, 0.5) is 0 Å². The summed E-state index contributed by atoms with van der Waals surface area (Å²) in [6.07, 6.45) is 4.04. The molecule has 2 aliphatic rings. The van der Waals surface area contributed by atoms with E-state index in [2.05, 4.69) is 15.1 Å². The molecular formula is C16H26N4O2. The molecule has 0 aliphatic carbocycles. The van der Waals surface area contributed by atoms with Gasteiger partial charge in [0.1, 0.15) is 0 Å². The minimum Gasteiger partial charge on any atom is -0.380 e. The SMILES string of the molecule is CO[C@H]1C[C@@H](CN2CCCC2)N(C(=O)Cc2cc(C)[nH]n2)C1. The molecule has 0 radical (unpaired) electrons. The molecule has 1 amide bonds. The number of aromatic nitrogens is 2. The fourth-order valence-electron chi connectivity index (χ4n) is 3.61. The Bertz CT molecular complexity index is 510. The number of nitrogens with one attached hydrogen (secondary N) is 1. The molecule has 0 aromatic carbocycles. The first kappa shape index (κ1) is 15.5. The number of aryl methyl sites for hydroxylation is 1. The summed E-state index contributed by atoms with van der Waals surface area (Å²) in [5.41, 5.74) is 1.82. The average molecular weight is 306 g/mol. The molecule has 22 heavy (non-hydrogen) atoms. The lowest BCUT2D eigenvalue weighted by atomic mass is 10.1. The first-order chi connectivity index (χ1) is 10.7. The number of amides is 1. The smallest absolute Gasteiger partial charge is 0.229 e. The summed E-state index contributed by atoms with van der Waals surface area (Å²) < 4.78 is 5.51. The number of hydrogen-bond acceptors (Lipinski definition) is 4. The Morgan fingerprint density at radius 1 is 1.45 bits per heavy atom. The van der Waals surface area contributed by atoms with Crippen LogP contribution in [0.15, 0.2) is 6.07 Å². The molecule has 122 valence electrons. The number of H-pyrrole nitrogens is 1. The van der Waals surface area contributed by atoms with Gasteiger partial charge in [-0.3, -0.25) is 9.89 Å². The van der Waals surface area contributed by atoms with E-state index in [1.165, 1.54) is 12.8 Å². The molecule has 2 saturated heterocycles. The van der Waals surface area contributed by atoms with Crippen molar-refractivity contribution in [2.75, 3.05) is 33.3 Å². The van der Waals surface area contributed by atoms with Gasteiger partial charge in [0, 0.05) is 31.9 Å². The largest absolute Gasteiger partial charge is 0.380 e. The van der Waals surface area contributed by atoms with Gasteiger partial charge < -0.3 is 14.5 Å². The number of likely N-dealkylation sites (tertiary alicyclic amines) is 2. The highest BCUT2D eigenvalue weighted by atomic mass is 16.5. The van der Waals surface area contributed by atoms with Crippen LogP contribution in [0.1, 0.15) is 30.7 Å². The van der Waals surface area contributed by atoms with Crippen molar-refractivity contribution in [2.45, 2.75) is 44.8 Å². The van der Waals surface area contributed by atoms with Crippen LogP contribution in [-0.2, 0) is 16.0 Å². The Kier molecular flexibility index (Phi) is 4.78. The molecule has 0 spiro atoms. The summed E-state index contributed by atoms with van der Waals surface area (Å²) >= 11 is 0. The van der Waals surface area contributed by atoms with Gasteiger partial charge in [0.2, 0.25) is 5.91 Å². The fraction of sp³-hybridized carbons (Fsp3) is 0.750. The zero-order valence-corrected chi connectivity index (χ0v) is 13.5. The molecule has 3 heterocycles. The fourth-order valence-corrected chi connectivity index (χ4v) is 3.61. The molecule has 0 bridgehead atoms. The lowest BCUT2D eigenvalue weighted by Gasteiger charge is -2.28. The van der Waals surface area contributed by atoms with E-state index in [9.17, 15) is 4.79 Å². The first-order valence-corrected chi connectivity index (χ1v) is 8.21. The highest BCUT2D eigenvalue weighted by molar-refractivity contribution is 5.79. The molecular weight excluding hydrogens is 280 g/mol. The lowest BCUT2D eigenvalue weighted by molar-refractivity contribution is -0.132. The minimum atomic E-state index is 0.162. The van der Waals surface area contributed by atoms with Crippen molar-refractivity contribution in [3.8, 4) is 0 Å². The number of hydrogen-bond donors (Lipinski definition) is 1. The second-order valence-electron chi connectivity index (χ2n) is 6.52. The van der Waals surface area contributed by atoms with Gasteiger partial charge in [-0.1, -0.05) is 0 Å². The Balaban J connectivity index is 1.63. The van der Waals surface area contributed by atoms with Crippen molar-refractivity contribution in [3.05, 3.63) is 17.5 Å². The molecule has 6 nitrogen and oxygen atoms in total. The standard InChI is InChI=1S/C16H26N4O2/c1-12-7-13(18-17-12)8-16(21)20-11-15(22-2)9-14(20)10-19-5-3-4-6-19/h7,14-15H,3-6,8-11H2,1-2H3,(H,17,18)/t14-,15-/m0/s1. The average Bonchev–Trinajstić information content (AvgIpc) is 3.21. The Morgan fingerprint density at radius 2 is 2.23 bits per heavy atom. The number of ether oxygens (including phenoxy) is 1. The molecule has 2 atom stereocenters. The van der Waals surface area contributed by atoms with Gasteiger partial charge in [0.25, 0.3) is 0 Å². The summed E-state index contributed by atoms with van der Waals surface area (Å²) in [4.78, 5) is 17.2. The molecule has 6 heteroatoms. The number of methoxy groups -OCH3 is 1. The first-order valence-electron chi connectivity index (χ1n) is 8.21. The van der Waals surface area contributed by atoms with Gasteiger partial charge in [0.15, 0.2) is 0 Å². The zero-order chi connectivity index (χ0) is 15.5. The van der Waals surface area contributed by atoms with E-state index in [0.29, 0.717) is 13.0 Å². The number of rotatable bonds is 5. The molecule has 2 fully saturated rings. The molecule has 0 unspecified atom stereocenters. The van der Waals surface area contributed by atoms with Crippen molar-refractivity contribution in [1.82, 2.24) is 20.0 Å². The number of carbonyl (C=O) groups excluding carboxylic acids is 1. The van der Waals surface area contributed by atoms with Crippen LogP contribution in [0, 0.1) is 6.92 Å². The minimum absolute atomic E-state index is 0.162. The van der Waals surface area contributed by atoms with E-state index in [1.807, 2.05) is 17.9 Å². The maximum Gasteiger partial charge on any atom is 0.229 e. The highest BCUT2D eigenvalue weighted by Crippen LogP contribution is 2.23. The van der Waals surface area contributed by atoms with Crippen LogP contribution in [0.25, 0.3) is 0 Å². The van der Waals surface area contributed by atoms with Gasteiger partial charge in [-0.25, -0.2) is 0 Å². The summed E-state index contributed by atoms with van der Waals surface area (Å²) in [7, 11) is 1.74. The molecule has 1 aromatic rings. The van der Waals surface area contributed by atoms with Crippen molar-refractivity contribution < 1.29 is 9.53 Å². The van der Waals surface area contributed by atoms with E-state index in [0.717, 1.165) is 37.4 Å². The zero-order valence-electron chi connectivity index (χ0n) is 13.5. The van der Waals surface area contributed by atoms with Gasteiger partial charge in [-0.05, 0) is 45.3 Å². The van der Waals surface area contributed by atoms with Crippen LogP contribution < -0.4 is 0 Å². The second kappa shape index (κ2) is 6.79. The maximum atomic E-state index is 12.7. The van der Waals surface area contributed by atoms with Crippen molar-refractivity contribution in [3.63, 3.8) is 0 Å². The Labute approximate surface area is 131 Å². The number of aromatic amines is 1. The van der Waals surface area contributed by atoms with Gasteiger partial charge in [-0.2, -0.15) is 5.10 Å². The quantitative estimate of drug-likeness (QED) is 0.880. The normalized spacial score (nSPS) is 26.0. The van der Waals surface area contributed by atoms with E-state index in [1.54, 1.807) is 7.11 Å². The summed E-state index contributed by atoms with van der Waals surface area (Å²) in [5.74, 6) is 0.162. The van der Waals surface area contributed by atoms with E-state index in [4.69, 9.17) is 4.74 Å². The van der Waals surface area contributed by atoms with Crippen molar-refractivity contribution in [1.29, 1.82) is 0 Å². The Hall–Kier alpha value is -1.40. The molecule has 2 aliphatic heterocycles. The van der Waals surface area contributed by atoms with E-state index < -0.39 is 0 Å². The third-order valence-electron chi connectivity index (χ3n) is 4.79. The van der Waals surface area contributed by atoms with Gasteiger partial charge in [0.05, 0.1) is 18.2 Å². The third-order valence-corrected chi connectivity index (χ3v) is 4.79.